The Hall–Kier alpha value is -3.33. The molecule has 3 aromatic rings. The van der Waals surface area contributed by atoms with Crippen LogP contribution in [0.1, 0.15) is 55.6 Å². The summed E-state index contributed by atoms with van der Waals surface area (Å²) in [5, 5.41) is 12.9. The number of hydrogen-bond acceptors (Lipinski definition) is 4. The Balaban J connectivity index is 1.15. The van der Waals surface area contributed by atoms with Gasteiger partial charge < -0.3 is 5.32 Å². The Morgan fingerprint density at radius 3 is 2.52 bits per heavy atom. The monoisotopic (exact) mass is 440 g/mol. The molecule has 0 aliphatic heterocycles. The van der Waals surface area contributed by atoms with Gasteiger partial charge in [0, 0.05) is 17.8 Å². The second-order valence-corrected chi connectivity index (χ2v) is 10.1. The molecule has 166 valence electrons. The SMILES string of the molecule is N#Cc1ccc(NC(=O)C2([C@H]3CC4C[C@H](c5ccnc6ccc(F)cc56)C[C@@H]4C3)CC2)nc1. The number of fused-ring (bicyclic) bond motifs is 2. The number of aromatic nitrogens is 2. The van der Waals surface area contributed by atoms with E-state index in [0.717, 1.165) is 49.4 Å². The van der Waals surface area contributed by atoms with E-state index in [-0.39, 0.29) is 17.1 Å². The number of nitriles is 1. The third-order valence-corrected chi connectivity index (χ3v) is 8.35. The van der Waals surface area contributed by atoms with Crippen LogP contribution in [0, 0.1) is 40.3 Å². The highest BCUT2D eigenvalue weighted by molar-refractivity contribution is 5.96. The highest BCUT2D eigenvalue weighted by Crippen LogP contribution is 2.63. The Kier molecular flexibility index (Phi) is 4.69. The molecule has 5 nitrogen and oxygen atoms in total. The van der Waals surface area contributed by atoms with Crippen molar-refractivity contribution in [3.05, 3.63) is 65.7 Å². The van der Waals surface area contributed by atoms with Crippen LogP contribution in [0.2, 0.25) is 0 Å². The van der Waals surface area contributed by atoms with Crippen molar-refractivity contribution in [1.29, 1.82) is 5.26 Å². The quantitative estimate of drug-likeness (QED) is 0.574. The van der Waals surface area contributed by atoms with Crippen LogP contribution in [-0.4, -0.2) is 15.9 Å². The maximum Gasteiger partial charge on any atom is 0.232 e. The van der Waals surface area contributed by atoms with Gasteiger partial charge in [-0.3, -0.25) is 9.78 Å². The predicted molar refractivity (Wildman–Crippen MR) is 123 cm³/mol. The molecule has 2 heterocycles. The molecule has 2 aromatic heterocycles. The number of amides is 1. The fourth-order valence-corrected chi connectivity index (χ4v) is 6.55. The van der Waals surface area contributed by atoms with E-state index in [4.69, 9.17) is 5.26 Å². The maximum atomic E-state index is 13.9. The van der Waals surface area contributed by atoms with Crippen LogP contribution in [0.25, 0.3) is 10.9 Å². The van der Waals surface area contributed by atoms with Gasteiger partial charge in [0.05, 0.1) is 16.5 Å². The lowest BCUT2D eigenvalue weighted by molar-refractivity contribution is -0.123. The minimum absolute atomic E-state index is 0.0804. The molecule has 0 bridgehead atoms. The molecule has 3 aliphatic carbocycles. The number of pyridine rings is 2. The molecule has 1 aromatic carbocycles. The lowest BCUT2D eigenvalue weighted by atomic mass is 9.83. The van der Waals surface area contributed by atoms with Crippen LogP contribution < -0.4 is 5.32 Å². The van der Waals surface area contributed by atoms with Gasteiger partial charge in [-0.2, -0.15) is 5.26 Å². The number of carbonyl (C=O) groups is 1. The van der Waals surface area contributed by atoms with Crippen LogP contribution in [0.3, 0.4) is 0 Å². The van der Waals surface area contributed by atoms with Gasteiger partial charge in [-0.1, -0.05) is 0 Å². The number of benzene rings is 1. The van der Waals surface area contributed by atoms with Gasteiger partial charge in [0.2, 0.25) is 5.91 Å². The standard InChI is InChI=1S/C27H25FN4O/c28-21-2-3-24-23(13-21)22(5-8-30-24)19-9-17-11-20(12-18(17)10-19)27(6-7-27)26(33)32-25-4-1-16(14-29)15-31-25/h1-5,8,13,15,17-20H,6-7,9-12H2,(H,31,32,33)/t17-,18?,19-,20-/m1/s1. The van der Waals surface area contributed by atoms with Crippen molar-refractivity contribution in [2.24, 2.45) is 23.2 Å². The number of carbonyl (C=O) groups excluding carboxylic acids is 1. The summed E-state index contributed by atoms with van der Waals surface area (Å²) in [5.74, 6) is 2.47. The molecule has 1 unspecified atom stereocenters. The molecule has 1 amide bonds. The molecule has 0 saturated heterocycles. The van der Waals surface area contributed by atoms with E-state index in [0.29, 0.717) is 35.1 Å². The van der Waals surface area contributed by atoms with E-state index < -0.39 is 0 Å². The van der Waals surface area contributed by atoms with Crippen molar-refractivity contribution in [2.75, 3.05) is 5.32 Å². The first-order chi connectivity index (χ1) is 16.1. The summed E-state index contributed by atoms with van der Waals surface area (Å²) >= 11 is 0. The van der Waals surface area contributed by atoms with E-state index in [1.165, 1.54) is 17.8 Å². The Bertz CT molecular complexity index is 1260. The zero-order chi connectivity index (χ0) is 22.6. The summed E-state index contributed by atoms with van der Waals surface area (Å²) in [6.45, 7) is 0. The third-order valence-electron chi connectivity index (χ3n) is 8.35. The topological polar surface area (TPSA) is 78.7 Å². The number of rotatable bonds is 4. The molecule has 0 radical (unpaired) electrons. The van der Waals surface area contributed by atoms with Crippen molar-refractivity contribution in [1.82, 2.24) is 9.97 Å². The second-order valence-electron chi connectivity index (χ2n) is 10.1. The van der Waals surface area contributed by atoms with Gasteiger partial charge >= 0.3 is 0 Å². The van der Waals surface area contributed by atoms with Crippen LogP contribution in [0.15, 0.2) is 48.8 Å². The summed E-state index contributed by atoms with van der Waals surface area (Å²) in [7, 11) is 0. The summed E-state index contributed by atoms with van der Waals surface area (Å²) < 4.78 is 13.9. The first-order valence-corrected chi connectivity index (χ1v) is 11.8. The summed E-state index contributed by atoms with van der Waals surface area (Å²) in [6, 6.07) is 12.3. The second kappa shape index (κ2) is 7.62. The zero-order valence-corrected chi connectivity index (χ0v) is 18.3. The molecule has 1 N–H and O–H groups in total. The Morgan fingerprint density at radius 1 is 1.06 bits per heavy atom. The number of anilines is 1. The van der Waals surface area contributed by atoms with E-state index in [2.05, 4.69) is 21.4 Å². The lowest BCUT2D eigenvalue weighted by Gasteiger charge is -2.24. The van der Waals surface area contributed by atoms with E-state index in [1.54, 1.807) is 24.3 Å². The van der Waals surface area contributed by atoms with Gasteiger partial charge in [0.1, 0.15) is 17.7 Å². The third kappa shape index (κ3) is 3.47. The van der Waals surface area contributed by atoms with Crippen molar-refractivity contribution in [2.45, 2.75) is 44.4 Å². The van der Waals surface area contributed by atoms with E-state index >= 15 is 0 Å². The smallest absolute Gasteiger partial charge is 0.232 e. The molecule has 3 saturated carbocycles. The average molecular weight is 441 g/mol. The first-order valence-electron chi connectivity index (χ1n) is 11.8. The summed E-state index contributed by atoms with van der Waals surface area (Å²) in [4.78, 5) is 21.8. The van der Waals surface area contributed by atoms with Crippen LogP contribution in [0.4, 0.5) is 10.2 Å². The minimum Gasteiger partial charge on any atom is -0.310 e. The predicted octanol–water partition coefficient (Wildman–Crippen LogP) is 5.58. The van der Waals surface area contributed by atoms with Crippen molar-refractivity contribution in [3.63, 3.8) is 0 Å². The van der Waals surface area contributed by atoms with Gasteiger partial charge in [-0.15, -0.1) is 0 Å². The van der Waals surface area contributed by atoms with Gasteiger partial charge in [0.25, 0.3) is 0 Å². The summed E-state index contributed by atoms with van der Waals surface area (Å²) in [5.41, 5.74) is 2.30. The molecular formula is C27H25FN4O. The van der Waals surface area contributed by atoms with Crippen molar-refractivity contribution in [3.8, 4) is 6.07 Å². The minimum atomic E-state index is -0.262. The number of nitrogens with zero attached hydrogens (tertiary/aromatic N) is 3. The lowest BCUT2D eigenvalue weighted by Crippen LogP contribution is -2.30. The number of halogens is 1. The molecule has 6 rings (SSSR count). The number of nitrogens with one attached hydrogen (secondary N) is 1. The molecule has 4 atom stereocenters. The fraction of sp³-hybridized carbons (Fsp3) is 0.407. The Morgan fingerprint density at radius 2 is 1.85 bits per heavy atom. The molecule has 0 spiro atoms. The number of hydrogen-bond donors (Lipinski definition) is 1. The molecule has 3 aliphatic rings. The highest BCUT2D eigenvalue weighted by atomic mass is 19.1. The fourth-order valence-electron chi connectivity index (χ4n) is 6.55. The first kappa shape index (κ1) is 20.3. The van der Waals surface area contributed by atoms with Gasteiger partial charge in [0.15, 0.2) is 0 Å². The molecular weight excluding hydrogens is 415 g/mol. The zero-order valence-electron chi connectivity index (χ0n) is 18.3. The largest absolute Gasteiger partial charge is 0.310 e. The maximum absolute atomic E-state index is 13.9. The van der Waals surface area contributed by atoms with E-state index in [9.17, 15) is 9.18 Å². The van der Waals surface area contributed by atoms with Crippen LogP contribution in [0.5, 0.6) is 0 Å². The average Bonchev–Trinajstić information content (AvgIpc) is 3.40. The van der Waals surface area contributed by atoms with Gasteiger partial charge in [-0.25, -0.2) is 9.37 Å². The highest BCUT2D eigenvalue weighted by Gasteiger charge is 2.59. The molecule has 6 heteroatoms. The normalized spacial score (nSPS) is 27.2. The van der Waals surface area contributed by atoms with Crippen molar-refractivity contribution < 1.29 is 9.18 Å². The van der Waals surface area contributed by atoms with E-state index in [1.807, 2.05) is 12.3 Å². The van der Waals surface area contributed by atoms with Crippen LogP contribution >= 0.6 is 0 Å². The molecule has 3 fully saturated rings. The summed E-state index contributed by atoms with van der Waals surface area (Å²) in [6.07, 6.45) is 9.60. The van der Waals surface area contributed by atoms with Crippen LogP contribution in [-0.2, 0) is 4.79 Å². The molecule has 33 heavy (non-hydrogen) atoms. The van der Waals surface area contributed by atoms with Gasteiger partial charge in [-0.05, 0) is 104 Å². The van der Waals surface area contributed by atoms with Crippen molar-refractivity contribution >= 4 is 22.6 Å². The Labute approximate surface area is 192 Å².